The largest absolute Gasteiger partial charge is 0.369 e. The van der Waals surface area contributed by atoms with Gasteiger partial charge in [-0.3, -0.25) is 14.8 Å². The summed E-state index contributed by atoms with van der Waals surface area (Å²) in [5, 5.41) is 16.6. The van der Waals surface area contributed by atoms with E-state index in [0.717, 1.165) is 48.7 Å². The number of hydrogen-bond acceptors (Lipinski definition) is 8. The molecule has 3 aliphatic rings. The molecule has 3 aromatic rings. The Morgan fingerprint density at radius 3 is 2.65 bits per heavy atom. The number of Topliss-reactive ketones (excluding diaryl/α,β-unsaturated/α-hetero) is 1. The fraction of sp³-hybridized carbons (Fsp3) is 0.222. The van der Waals surface area contributed by atoms with E-state index in [9.17, 15) is 9.59 Å². The lowest BCUT2D eigenvalue weighted by Crippen LogP contribution is -2.43. The Labute approximate surface area is 214 Å². The third-order valence-corrected chi connectivity index (χ3v) is 6.84. The summed E-state index contributed by atoms with van der Waals surface area (Å²) in [5.74, 6) is -0.164. The van der Waals surface area contributed by atoms with E-state index in [2.05, 4.69) is 48.3 Å². The molecule has 1 atom stereocenters. The van der Waals surface area contributed by atoms with Gasteiger partial charge in [-0.15, -0.1) is 0 Å². The number of hydrogen-bond donors (Lipinski definition) is 3. The van der Waals surface area contributed by atoms with Crippen LogP contribution in [0.15, 0.2) is 82.8 Å². The molecule has 10 nitrogen and oxygen atoms in total. The van der Waals surface area contributed by atoms with E-state index in [1.807, 2.05) is 30.3 Å². The van der Waals surface area contributed by atoms with Gasteiger partial charge in [0, 0.05) is 50.7 Å². The maximum Gasteiger partial charge on any atom is 0.338 e. The van der Waals surface area contributed by atoms with Gasteiger partial charge in [-0.1, -0.05) is 24.3 Å². The van der Waals surface area contributed by atoms with Gasteiger partial charge in [0.1, 0.15) is 11.7 Å². The van der Waals surface area contributed by atoms with Crippen LogP contribution >= 0.6 is 0 Å². The van der Waals surface area contributed by atoms with Crippen molar-refractivity contribution in [3.8, 4) is 0 Å². The highest BCUT2D eigenvalue weighted by Crippen LogP contribution is 2.49. The van der Waals surface area contributed by atoms with Gasteiger partial charge in [0.05, 0.1) is 28.7 Å². The van der Waals surface area contributed by atoms with Gasteiger partial charge in [-0.25, -0.2) is 10.2 Å². The van der Waals surface area contributed by atoms with Crippen LogP contribution in [0.2, 0.25) is 0 Å². The molecule has 1 saturated heterocycles. The van der Waals surface area contributed by atoms with Crippen LogP contribution in [-0.4, -0.2) is 50.0 Å². The van der Waals surface area contributed by atoms with Gasteiger partial charge < -0.3 is 15.5 Å². The van der Waals surface area contributed by atoms with Crippen LogP contribution in [-0.2, 0) is 0 Å². The standard InChI is InChI=1S/C27H26N8O2/c1-34(19-4-3-11-29-16-19)33-27(37)30-21-6-2-5-20-22(21)26(36)23-24(31-32-25(20)23)17-7-9-18(10-8-17)35-14-12-28-13-15-35/h2-11,16,25,28H,12-15H2,1H3,(H2,30,33,37). The molecule has 1 aromatic heterocycles. The highest BCUT2D eigenvalue weighted by molar-refractivity contribution is 6.22. The van der Waals surface area contributed by atoms with E-state index in [1.54, 1.807) is 36.6 Å². The molecule has 3 N–H and O–H groups in total. The zero-order valence-electron chi connectivity index (χ0n) is 20.3. The molecule has 10 heteroatoms. The number of pyridine rings is 1. The number of azo groups is 1. The number of nitrogens with one attached hydrogen (secondary N) is 3. The van der Waals surface area contributed by atoms with Crippen molar-refractivity contribution in [1.82, 2.24) is 15.7 Å². The van der Waals surface area contributed by atoms with Crippen molar-refractivity contribution in [3.05, 3.63) is 89.3 Å². The Morgan fingerprint density at radius 1 is 1.08 bits per heavy atom. The molecule has 1 aliphatic carbocycles. The number of benzene rings is 2. The van der Waals surface area contributed by atoms with Gasteiger partial charge in [0.25, 0.3) is 0 Å². The molecule has 0 spiro atoms. The first-order valence-electron chi connectivity index (χ1n) is 12.2. The topological polar surface area (TPSA) is 114 Å². The SMILES string of the molecule is CN(NC(=O)Nc1cccc2c1C(=O)C1=C(c3ccc(N4CCNCC4)cc3)N=NC12)c1cccnc1. The minimum Gasteiger partial charge on any atom is -0.369 e. The second kappa shape index (κ2) is 9.47. The van der Waals surface area contributed by atoms with Crippen molar-refractivity contribution in [1.29, 1.82) is 0 Å². The number of ketones is 1. The van der Waals surface area contributed by atoms with E-state index in [-0.39, 0.29) is 5.78 Å². The normalized spacial score (nSPS) is 18.0. The smallest absolute Gasteiger partial charge is 0.338 e. The number of anilines is 3. The Balaban J connectivity index is 1.24. The number of carbonyl (C=O) groups is 2. The van der Waals surface area contributed by atoms with Crippen LogP contribution in [0.5, 0.6) is 0 Å². The molecule has 6 rings (SSSR count). The predicted molar refractivity (Wildman–Crippen MR) is 142 cm³/mol. The second-order valence-electron chi connectivity index (χ2n) is 9.10. The molecule has 37 heavy (non-hydrogen) atoms. The van der Waals surface area contributed by atoms with E-state index in [1.165, 1.54) is 0 Å². The predicted octanol–water partition coefficient (Wildman–Crippen LogP) is 3.78. The number of piperazine rings is 1. The molecule has 0 bridgehead atoms. The summed E-state index contributed by atoms with van der Waals surface area (Å²) in [6.07, 6.45) is 3.30. The summed E-state index contributed by atoms with van der Waals surface area (Å²) in [6.45, 7) is 3.86. The lowest BCUT2D eigenvalue weighted by molar-refractivity contribution is 0.103. The molecule has 2 amide bonds. The van der Waals surface area contributed by atoms with Crippen LogP contribution in [0.3, 0.4) is 0 Å². The Hall–Kier alpha value is -4.57. The number of nitrogens with zero attached hydrogens (tertiary/aromatic N) is 5. The maximum atomic E-state index is 13.6. The number of fused-ring (bicyclic) bond motifs is 3. The van der Waals surface area contributed by atoms with Crippen LogP contribution in [0.25, 0.3) is 5.70 Å². The number of carbonyl (C=O) groups excluding carboxylic acids is 2. The van der Waals surface area contributed by atoms with E-state index in [4.69, 9.17) is 0 Å². The summed E-state index contributed by atoms with van der Waals surface area (Å²) in [7, 11) is 1.71. The average molecular weight is 495 g/mol. The minimum atomic E-state index is -0.469. The van der Waals surface area contributed by atoms with Crippen molar-refractivity contribution in [3.63, 3.8) is 0 Å². The Morgan fingerprint density at radius 2 is 1.89 bits per heavy atom. The molecule has 1 fully saturated rings. The summed E-state index contributed by atoms with van der Waals surface area (Å²) in [5.41, 5.74) is 8.23. The lowest BCUT2D eigenvalue weighted by Gasteiger charge is -2.29. The number of hydrazine groups is 1. The average Bonchev–Trinajstić information content (AvgIpc) is 3.50. The van der Waals surface area contributed by atoms with Crippen molar-refractivity contribution in [2.75, 3.05) is 48.5 Å². The second-order valence-corrected chi connectivity index (χ2v) is 9.10. The summed E-state index contributed by atoms with van der Waals surface area (Å²) < 4.78 is 0. The zero-order chi connectivity index (χ0) is 25.4. The third kappa shape index (κ3) is 4.21. The van der Waals surface area contributed by atoms with Crippen molar-refractivity contribution >= 4 is 34.6 Å². The van der Waals surface area contributed by atoms with Gasteiger partial charge in [0.2, 0.25) is 0 Å². The molecule has 186 valence electrons. The Kier molecular flexibility index (Phi) is 5.85. The first kappa shape index (κ1) is 22.9. The molecular weight excluding hydrogens is 468 g/mol. The fourth-order valence-electron chi connectivity index (χ4n) is 4.98. The number of amides is 2. The van der Waals surface area contributed by atoms with Crippen LogP contribution in [0.1, 0.15) is 27.5 Å². The van der Waals surface area contributed by atoms with Crippen molar-refractivity contribution in [2.24, 2.45) is 10.2 Å². The van der Waals surface area contributed by atoms with Crippen molar-refractivity contribution < 1.29 is 9.59 Å². The molecule has 2 aromatic carbocycles. The van der Waals surface area contributed by atoms with Crippen LogP contribution in [0.4, 0.5) is 21.9 Å². The Bertz CT molecular complexity index is 1410. The monoisotopic (exact) mass is 494 g/mol. The highest BCUT2D eigenvalue weighted by atomic mass is 16.2. The molecular formula is C27H26N8O2. The number of aromatic nitrogens is 1. The van der Waals surface area contributed by atoms with Gasteiger partial charge in [-0.2, -0.15) is 10.2 Å². The number of rotatable bonds is 5. The van der Waals surface area contributed by atoms with Crippen LogP contribution < -0.4 is 26.0 Å². The maximum absolute atomic E-state index is 13.6. The van der Waals surface area contributed by atoms with Crippen molar-refractivity contribution in [2.45, 2.75) is 6.04 Å². The fourth-order valence-corrected chi connectivity index (χ4v) is 4.98. The van der Waals surface area contributed by atoms with Gasteiger partial charge >= 0.3 is 6.03 Å². The molecule has 0 saturated carbocycles. The summed E-state index contributed by atoms with van der Waals surface area (Å²) in [6, 6.07) is 16.2. The van der Waals surface area contributed by atoms with E-state index >= 15 is 0 Å². The van der Waals surface area contributed by atoms with E-state index < -0.39 is 12.1 Å². The first-order chi connectivity index (χ1) is 18.1. The minimum absolute atomic E-state index is 0.164. The third-order valence-electron chi connectivity index (χ3n) is 6.84. The zero-order valence-corrected chi connectivity index (χ0v) is 20.3. The number of urea groups is 1. The summed E-state index contributed by atoms with van der Waals surface area (Å²) >= 11 is 0. The van der Waals surface area contributed by atoms with Crippen LogP contribution in [0, 0.1) is 0 Å². The quantitative estimate of drug-likeness (QED) is 0.465. The molecule has 0 radical (unpaired) electrons. The molecule has 3 heterocycles. The van der Waals surface area contributed by atoms with E-state index in [0.29, 0.717) is 22.5 Å². The first-order valence-corrected chi connectivity index (χ1v) is 12.2. The lowest BCUT2D eigenvalue weighted by atomic mass is 10.0. The van der Waals surface area contributed by atoms with Gasteiger partial charge in [0.15, 0.2) is 5.78 Å². The van der Waals surface area contributed by atoms with Gasteiger partial charge in [-0.05, 0) is 35.9 Å². The summed E-state index contributed by atoms with van der Waals surface area (Å²) in [4.78, 5) is 32.8. The molecule has 2 aliphatic heterocycles. The highest BCUT2D eigenvalue weighted by Gasteiger charge is 2.42. The molecule has 1 unspecified atom stereocenters.